The Labute approximate surface area is 151 Å². The molecule has 2 aromatic rings. The van der Waals surface area contributed by atoms with Crippen LogP contribution in [0.1, 0.15) is 22.8 Å². The molecule has 6 heteroatoms. The molecule has 2 aromatic carbocycles. The van der Waals surface area contributed by atoms with Crippen LogP contribution in [-0.4, -0.2) is 37.2 Å². The van der Waals surface area contributed by atoms with Crippen LogP contribution < -0.4 is 14.2 Å². The first-order valence-corrected chi connectivity index (χ1v) is 8.02. The van der Waals surface area contributed by atoms with Crippen LogP contribution in [0.15, 0.2) is 48.5 Å². The molecule has 0 radical (unpaired) electrons. The Kier molecular flexibility index (Phi) is 6.79. The van der Waals surface area contributed by atoms with E-state index in [0.717, 1.165) is 0 Å². The summed E-state index contributed by atoms with van der Waals surface area (Å²) >= 11 is 0. The maximum Gasteiger partial charge on any atom is 0.341 e. The fourth-order valence-corrected chi connectivity index (χ4v) is 2.30. The molecule has 136 valence electrons. The van der Waals surface area contributed by atoms with Crippen LogP contribution in [0.2, 0.25) is 0 Å². The third-order valence-corrected chi connectivity index (χ3v) is 3.41. The molecule has 0 bridgehead atoms. The molecule has 6 nitrogen and oxygen atoms in total. The number of hydrogen-bond donors (Lipinski definition) is 1. The minimum absolute atomic E-state index is 0.241. The Morgan fingerprint density at radius 2 is 1.88 bits per heavy atom. The Morgan fingerprint density at radius 1 is 1.12 bits per heavy atom. The number of carboxylic acid groups (broad SMARTS) is 1. The van der Waals surface area contributed by atoms with Gasteiger partial charge in [-0.2, -0.15) is 0 Å². The predicted octanol–water partition coefficient (Wildman–Crippen LogP) is 3.45. The van der Waals surface area contributed by atoms with Crippen LogP contribution >= 0.6 is 0 Å². The number of allylic oxidation sites excluding steroid dienone is 1. The Balaban J connectivity index is 2.18. The molecule has 0 saturated carbocycles. The Bertz CT molecular complexity index is 810. The highest BCUT2D eigenvalue weighted by Gasteiger charge is 2.09. The van der Waals surface area contributed by atoms with Crippen molar-refractivity contribution in [2.24, 2.45) is 0 Å². The first-order valence-electron chi connectivity index (χ1n) is 8.02. The molecule has 0 unspecified atom stereocenters. The van der Waals surface area contributed by atoms with Crippen LogP contribution in [-0.2, 0) is 4.79 Å². The van der Waals surface area contributed by atoms with Crippen molar-refractivity contribution in [2.45, 2.75) is 6.92 Å². The second-order valence-corrected chi connectivity index (χ2v) is 5.22. The molecule has 0 atom stereocenters. The lowest BCUT2D eigenvalue weighted by molar-refractivity contribution is -0.139. The summed E-state index contributed by atoms with van der Waals surface area (Å²) in [5.74, 6) is 0.158. The van der Waals surface area contributed by atoms with Gasteiger partial charge >= 0.3 is 5.97 Å². The summed E-state index contributed by atoms with van der Waals surface area (Å²) in [6.45, 7) is 1.92. The van der Waals surface area contributed by atoms with E-state index in [1.165, 1.54) is 12.1 Å². The van der Waals surface area contributed by atoms with Gasteiger partial charge < -0.3 is 19.3 Å². The van der Waals surface area contributed by atoms with Crippen molar-refractivity contribution in [1.29, 1.82) is 0 Å². The number of hydrogen-bond acceptors (Lipinski definition) is 5. The van der Waals surface area contributed by atoms with Crippen LogP contribution in [0.4, 0.5) is 0 Å². The summed E-state index contributed by atoms with van der Waals surface area (Å²) in [5.41, 5.74) is 1.11. The highest BCUT2D eigenvalue weighted by atomic mass is 16.5. The highest BCUT2D eigenvalue weighted by molar-refractivity contribution is 6.07. The van der Waals surface area contributed by atoms with Gasteiger partial charge in [-0.3, -0.25) is 4.79 Å². The van der Waals surface area contributed by atoms with Gasteiger partial charge in [0.05, 0.1) is 13.7 Å². The van der Waals surface area contributed by atoms with E-state index in [-0.39, 0.29) is 5.78 Å². The van der Waals surface area contributed by atoms with Crippen LogP contribution in [0, 0.1) is 0 Å². The normalized spacial score (nSPS) is 10.5. The zero-order valence-corrected chi connectivity index (χ0v) is 14.6. The number of benzene rings is 2. The molecule has 0 aromatic heterocycles. The van der Waals surface area contributed by atoms with E-state index in [1.807, 2.05) is 19.1 Å². The molecule has 1 N–H and O–H groups in total. The molecule has 0 fully saturated rings. The minimum Gasteiger partial charge on any atom is -0.492 e. The summed E-state index contributed by atoms with van der Waals surface area (Å²) in [4.78, 5) is 22.9. The number of ether oxygens (including phenoxy) is 3. The maximum absolute atomic E-state index is 12.4. The minimum atomic E-state index is -1.08. The molecule has 0 aliphatic rings. The van der Waals surface area contributed by atoms with Crippen molar-refractivity contribution in [1.82, 2.24) is 0 Å². The van der Waals surface area contributed by atoms with Gasteiger partial charge in [0.15, 0.2) is 23.9 Å². The lowest BCUT2D eigenvalue weighted by atomic mass is 10.1. The Hall–Kier alpha value is -3.28. The summed E-state index contributed by atoms with van der Waals surface area (Å²) < 4.78 is 16.0. The number of carbonyl (C=O) groups is 2. The smallest absolute Gasteiger partial charge is 0.341 e. The fourth-order valence-electron chi connectivity index (χ4n) is 2.30. The first-order chi connectivity index (χ1) is 12.5. The van der Waals surface area contributed by atoms with Gasteiger partial charge in [0, 0.05) is 11.1 Å². The van der Waals surface area contributed by atoms with Crippen LogP contribution in [0.25, 0.3) is 6.08 Å². The van der Waals surface area contributed by atoms with E-state index in [2.05, 4.69) is 0 Å². The van der Waals surface area contributed by atoms with Gasteiger partial charge in [0.2, 0.25) is 0 Å². The largest absolute Gasteiger partial charge is 0.492 e. The topological polar surface area (TPSA) is 82.1 Å². The number of methoxy groups -OCH3 is 1. The molecule has 0 aliphatic heterocycles. The van der Waals surface area contributed by atoms with E-state index in [0.29, 0.717) is 35.0 Å². The molecule has 0 aliphatic carbocycles. The molecule has 0 saturated heterocycles. The van der Waals surface area contributed by atoms with Crippen LogP contribution in [0.3, 0.4) is 0 Å². The Morgan fingerprint density at radius 3 is 2.58 bits per heavy atom. The molecule has 0 spiro atoms. The van der Waals surface area contributed by atoms with Crippen molar-refractivity contribution in [3.05, 3.63) is 59.7 Å². The number of para-hydroxylation sites is 1. The van der Waals surface area contributed by atoms with Crippen molar-refractivity contribution >= 4 is 17.8 Å². The lowest BCUT2D eigenvalue weighted by Crippen LogP contribution is -2.09. The number of rotatable bonds is 9. The second kappa shape index (κ2) is 9.27. The van der Waals surface area contributed by atoms with E-state index >= 15 is 0 Å². The van der Waals surface area contributed by atoms with E-state index in [1.54, 1.807) is 37.5 Å². The van der Waals surface area contributed by atoms with Gasteiger partial charge in [-0.1, -0.05) is 24.3 Å². The van der Waals surface area contributed by atoms with Crippen LogP contribution in [0.5, 0.6) is 17.2 Å². The SMILES string of the molecule is CCOc1cccc(/C=C/C(=O)c2cccc(OCC(=O)O)c2)c1OC. The maximum atomic E-state index is 12.4. The summed E-state index contributed by atoms with van der Waals surface area (Å²) in [6.07, 6.45) is 3.07. The van der Waals surface area contributed by atoms with Gasteiger partial charge in [-0.05, 0) is 37.3 Å². The second-order valence-electron chi connectivity index (χ2n) is 5.22. The molecule has 0 heterocycles. The number of carbonyl (C=O) groups excluding carboxylic acids is 1. The van der Waals surface area contributed by atoms with Crippen molar-refractivity contribution in [2.75, 3.05) is 20.3 Å². The van der Waals surface area contributed by atoms with Gasteiger partial charge in [-0.15, -0.1) is 0 Å². The summed E-state index contributed by atoms with van der Waals surface area (Å²) in [6, 6.07) is 11.8. The zero-order chi connectivity index (χ0) is 18.9. The van der Waals surface area contributed by atoms with Gasteiger partial charge in [-0.25, -0.2) is 4.79 Å². The average Bonchev–Trinajstić information content (AvgIpc) is 2.65. The molecular weight excluding hydrogens is 336 g/mol. The van der Waals surface area contributed by atoms with Gasteiger partial charge in [0.1, 0.15) is 5.75 Å². The fraction of sp³-hybridized carbons (Fsp3) is 0.200. The number of aliphatic carboxylic acids is 1. The molecule has 0 amide bonds. The lowest BCUT2D eigenvalue weighted by Gasteiger charge is -2.11. The standard InChI is InChI=1S/C20H20O6/c1-3-25-18-9-5-6-14(20(18)24-2)10-11-17(21)15-7-4-8-16(12-15)26-13-19(22)23/h4-12H,3,13H2,1-2H3,(H,22,23)/b11-10+. The summed E-state index contributed by atoms with van der Waals surface area (Å²) in [5, 5.41) is 8.65. The van der Waals surface area contributed by atoms with E-state index < -0.39 is 12.6 Å². The van der Waals surface area contributed by atoms with Gasteiger partial charge in [0.25, 0.3) is 0 Å². The predicted molar refractivity (Wildman–Crippen MR) is 97.1 cm³/mol. The van der Waals surface area contributed by atoms with Crippen molar-refractivity contribution in [3.8, 4) is 17.2 Å². The van der Waals surface area contributed by atoms with E-state index in [9.17, 15) is 9.59 Å². The third kappa shape index (κ3) is 5.11. The number of carboxylic acids is 1. The highest BCUT2D eigenvalue weighted by Crippen LogP contribution is 2.32. The summed E-state index contributed by atoms with van der Waals surface area (Å²) in [7, 11) is 1.54. The van der Waals surface area contributed by atoms with Crippen molar-refractivity contribution < 1.29 is 28.9 Å². The quantitative estimate of drug-likeness (QED) is 0.547. The van der Waals surface area contributed by atoms with E-state index in [4.69, 9.17) is 19.3 Å². The molecular formula is C20H20O6. The molecule has 26 heavy (non-hydrogen) atoms. The monoisotopic (exact) mass is 356 g/mol. The third-order valence-electron chi connectivity index (χ3n) is 3.41. The first kappa shape index (κ1) is 19.1. The average molecular weight is 356 g/mol. The zero-order valence-electron chi connectivity index (χ0n) is 14.6. The number of ketones is 1. The van der Waals surface area contributed by atoms with Crippen molar-refractivity contribution in [3.63, 3.8) is 0 Å². The molecule has 2 rings (SSSR count).